The van der Waals surface area contributed by atoms with Crippen molar-refractivity contribution in [2.45, 2.75) is 26.1 Å². The molecule has 1 fully saturated rings. The largest absolute Gasteiger partial charge is 0.491 e. The minimum Gasteiger partial charge on any atom is -0.491 e. The second-order valence-electron chi connectivity index (χ2n) is 7.24. The van der Waals surface area contributed by atoms with E-state index in [9.17, 15) is 5.26 Å². The van der Waals surface area contributed by atoms with Crippen LogP contribution in [0, 0.1) is 18.3 Å². The number of aromatic nitrogens is 1. The molecule has 0 N–H and O–H groups in total. The van der Waals surface area contributed by atoms with Crippen LogP contribution in [-0.4, -0.2) is 36.9 Å². The van der Waals surface area contributed by atoms with Gasteiger partial charge in [-0.2, -0.15) is 5.26 Å². The predicted molar refractivity (Wildman–Crippen MR) is 110 cm³/mol. The minimum atomic E-state index is -0.0355. The van der Waals surface area contributed by atoms with Gasteiger partial charge < -0.3 is 14.4 Å². The SMILES string of the molecule is Cc1cccc(OC[C@H]2CN(c3ccc(C#N)c4ncccc34)C[C@@H](C)O2)c1. The van der Waals surface area contributed by atoms with Crippen molar-refractivity contribution in [3.8, 4) is 11.8 Å². The summed E-state index contributed by atoms with van der Waals surface area (Å²) in [4.78, 5) is 6.73. The standard InChI is InChI=1S/C23H23N3O2/c1-16-5-3-6-19(11-16)27-15-20-14-26(13-17(2)28-20)22-9-8-18(12-24)23-21(22)7-4-10-25-23/h3-11,17,20H,13-15H2,1-2H3/t17-,20-/m1/s1. The molecule has 0 unspecified atom stereocenters. The first-order valence-corrected chi connectivity index (χ1v) is 9.52. The van der Waals surface area contributed by atoms with Crippen molar-refractivity contribution in [1.29, 1.82) is 5.26 Å². The molecule has 3 aromatic rings. The summed E-state index contributed by atoms with van der Waals surface area (Å²) in [5, 5.41) is 10.4. The molecular formula is C23H23N3O2. The lowest BCUT2D eigenvalue weighted by Gasteiger charge is -2.38. The zero-order valence-electron chi connectivity index (χ0n) is 16.1. The number of fused-ring (bicyclic) bond motifs is 1. The van der Waals surface area contributed by atoms with E-state index in [0.29, 0.717) is 12.2 Å². The average Bonchev–Trinajstić information content (AvgIpc) is 2.71. The van der Waals surface area contributed by atoms with Gasteiger partial charge in [0.2, 0.25) is 0 Å². The van der Waals surface area contributed by atoms with E-state index < -0.39 is 0 Å². The second-order valence-corrected chi connectivity index (χ2v) is 7.24. The maximum atomic E-state index is 9.38. The van der Waals surface area contributed by atoms with Crippen LogP contribution in [0.1, 0.15) is 18.1 Å². The molecule has 2 aromatic carbocycles. The number of anilines is 1. The molecule has 0 spiro atoms. The van der Waals surface area contributed by atoms with E-state index in [1.54, 1.807) is 6.20 Å². The average molecular weight is 373 g/mol. The van der Waals surface area contributed by atoms with Gasteiger partial charge in [-0.05, 0) is 55.8 Å². The highest BCUT2D eigenvalue weighted by atomic mass is 16.5. The van der Waals surface area contributed by atoms with Crippen molar-refractivity contribution in [3.63, 3.8) is 0 Å². The minimum absolute atomic E-state index is 0.0355. The molecular weight excluding hydrogens is 350 g/mol. The van der Waals surface area contributed by atoms with Gasteiger partial charge in [0.15, 0.2) is 0 Å². The number of nitrogens with zero attached hydrogens (tertiary/aromatic N) is 3. The van der Waals surface area contributed by atoms with Gasteiger partial charge in [0.1, 0.15) is 24.5 Å². The maximum absolute atomic E-state index is 9.38. The monoisotopic (exact) mass is 373 g/mol. The van der Waals surface area contributed by atoms with Crippen molar-refractivity contribution in [2.75, 3.05) is 24.6 Å². The highest BCUT2D eigenvalue weighted by Crippen LogP contribution is 2.30. The van der Waals surface area contributed by atoms with Crippen molar-refractivity contribution in [3.05, 3.63) is 65.9 Å². The van der Waals surface area contributed by atoms with Gasteiger partial charge in [0.25, 0.3) is 0 Å². The molecule has 28 heavy (non-hydrogen) atoms. The zero-order chi connectivity index (χ0) is 19.5. The van der Waals surface area contributed by atoms with E-state index in [0.717, 1.165) is 35.4 Å². The van der Waals surface area contributed by atoms with E-state index >= 15 is 0 Å². The Kier molecular flexibility index (Phi) is 5.14. The molecule has 0 amide bonds. The summed E-state index contributed by atoms with van der Waals surface area (Å²) in [6.45, 7) is 6.15. The van der Waals surface area contributed by atoms with Gasteiger partial charge in [0.05, 0.1) is 17.2 Å². The summed E-state index contributed by atoms with van der Waals surface area (Å²) in [6.07, 6.45) is 1.78. The van der Waals surface area contributed by atoms with Gasteiger partial charge in [0, 0.05) is 30.4 Å². The summed E-state index contributed by atoms with van der Waals surface area (Å²) in [7, 11) is 0. The molecule has 5 heteroatoms. The number of benzene rings is 2. The van der Waals surface area contributed by atoms with E-state index in [4.69, 9.17) is 9.47 Å². The normalized spacial score (nSPS) is 19.4. The number of morpholine rings is 1. The number of rotatable bonds is 4. The summed E-state index contributed by atoms with van der Waals surface area (Å²) < 4.78 is 12.1. The van der Waals surface area contributed by atoms with Crippen LogP contribution >= 0.6 is 0 Å². The number of hydrogen-bond acceptors (Lipinski definition) is 5. The predicted octanol–water partition coefficient (Wildman–Crippen LogP) is 4.09. The topological polar surface area (TPSA) is 58.4 Å². The number of aryl methyl sites for hydroxylation is 1. The molecule has 0 saturated carbocycles. The fourth-order valence-corrected chi connectivity index (χ4v) is 3.75. The number of nitriles is 1. The van der Waals surface area contributed by atoms with E-state index in [1.807, 2.05) is 42.5 Å². The van der Waals surface area contributed by atoms with Crippen LogP contribution in [0.5, 0.6) is 5.75 Å². The quantitative estimate of drug-likeness (QED) is 0.689. The van der Waals surface area contributed by atoms with Gasteiger partial charge >= 0.3 is 0 Å². The molecule has 2 heterocycles. The highest BCUT2D eigenvalue weighted by Gasteiger charge is 2.27. The maximum Gasteiger partial charge on any atom is 0.119 e. The van der Waals surface area contributed by atoms with Crippen molar-refractivity contribution >= 4 is 16.6 Å². The molecule has 1 aliphatic rings. The van der Waals surface area contributed by atoms with Crippen LogP contribution in [0.4, 0.5) is 5.69 Å². The molecule has 0 aliphatic carbocycles. The Hall–Kier alpha value is -3.10. The summed E-state index contributed by atoms with van der Waals surface area (Å²) in [5.74, 6) is 0.862. The third-order valence-corrected chi connectivity index (χ3v) is 4.96. The Morgan fingerprint density at radius 2 is 2.11 bits per heavy atom. The summed E-state index contributed by atoms with van der Waals surface area (Å²) in [5.41, 5.74) is 3.60. The Morgan fingerprint density at radius 3 is 2.93 bits per heavy atom. The van der Waals surface area contributed by atoms with Crippen molar-refractivity contribution < 1.29 is 9.47 Å². The molecule has 0 radical (unpaired) electrons. The highest BCUT2D eigenvalue weighted by molar-refractivity contribution is 5.95. The fraction of sp³-hybridized carbons (Fsp3) is 0.304. The van der Waals surface area contributed by atoms with Crippen LogP contribution in [0.3, 0.4) is 0 Å². The van der Waals surface area contributed by atoms with E-state index in [1.165, 1.54) is 5.56 Å². The summed E-state index contributed by atoms with van der Waals surface area (Å²) in [6, 6.07) is 18.1. The third-order valence-electron chi connectivity index (χ3n) is 4.96. The lowest BCUT2D eigenvalue weighted by Crippen LogP contribution is -2.49. The lowest BCUT2D eigenvalue weighted by molar-refractivity contribution is -0.0369. The molecule has 1 aromatic heterocycles. The van der Waals surface area contributed by atoms with Gasteiger partial charge in [-0.25, -0.2) is 0 Å². The Morgan fingerprint density at radius 1 is 1.21 bits per heavy atom. The molecule has 2 atom stereocenters. The fourth-order valence-electron chi connectivity index (χ4n) is 3.75. The molecule has 1 saturated heterocycles. The Balaban J connectivity index is 1.55. The van der Waals surface area contributed by atoms with E-state index in [2.05, 4.69) is 35.9 Å². The zero-order valence-corrected chi connectivity index (χ0v) is 16.1. The van der Waals surface area contributed by atoms with Crippen LogP contribution in [0.25, 0.3) is 10.9 Å². The van der Waals surface area contributed by atoms with Crippen LogP contribution in [0.15, 0.2) is 54.7 Å². The Bertz CT molecular complexity index is 1030. The van der Waals surface area contributed by atoms with Crippen LogP contribution in [-0.2, 0) is 4.74 Å². The molecule has 142 valence electrons. The van der Waals surface area contributed by atoms with Crippen LogP contribution < -0.4 is 9.64 Å². The Labute approximate surface area is 165 Å². The first-order valence-electron chi connectivity index (χ1n) is 9.52. The summed E-state index contributed by atoms with van der Waals surface area (Å²) >= 11 is 0. The second kappa shape index (κ2) is 7.87. The van der Waals surface area contributed by atoms with Gasteiger partial charge in [-0.1, -0.05) is 12.1 Å². The van der Waals surface area contributed by atoms with Crippen molar-refractivity contribution in [1.82, 2.24) is 4.98 Å². The van der Waals surface area contributed by atoms with Gasteiger partial charge in [-0.15, -0.1) is 0 Å². The van der Waals surface area contributed by atoms with Crippen LogP contribution in [0.2, 0.25) is 0 Å². The van der Waals surface area contributed by atoms with E-state index in [-0.39, 0.29) is 12.2 Å². The van der Waals surface area contributed by atoms with Gasteiger partial charge in [-0.3, -0.25) is 4.98 Å². The smallest absolute Gasteiger partial charge is 0.119 e. The first kappa shape index (κ1) is 18.3. The first-order chi connectivity index (χ1) is 13.6. The molecule has 1 aliphatic heterocycles. The number of hydrogen-bond donors (Lipinski definition) is 0. The number of pyridine rings is 1. The third kappa shape index (κ3) is 3.78. The molecule has 5 nitrogen and oxygen atoms in total. The molecule has 0 bridgehead atoms. The molecule has 4 rings (SSSR count). The number of ether oxygens (including phenoxy) is 2. The lowest BCUT2D eigenvalue weighted by atomic mass is 10.1. The van der Waals surface area contributed by atoms with Crippen molar-refractivity contribution in [2.24, 2.45) is 0 Å².